The van der Waals surface area contributed by atoms with Crippen LogP contribution in [0.4, 0.5) is 5.82 Å². The summed E-state index contributed by atoms with van der Waals surface area (Å²) in [6.45, 7) is 0.750. The van der Waals surface area contributed by atoms with Crippen molar-refractivity contribution in [3.63, 3.8) is 0 Å². The van der Waals surface area contributed by atoms with Crippen molar-refractivity contribution in [2.24, 2.45) is 0 Å². The van der Waals surface area contributed by atoms with Gasteiger partial charge in [0.05, 0.1) is 19.1 Å². The topological polar surface area (TPSA) is 120 Å². The molecule has 4 rings (SSSR count). The molecule has 2 aliphatic heterocycles. The molecule has 0 unspecified atom stereocenters. The van der Waals surface area contributed by atoms with Crippen molar-refractivity contribution in [1.82, 2.24) is 19.9 Å². The first-order chi connectivity index (χ1) is 12.8. The Balaban J connectivity index is 0.000000170. The fraction of sp³-hybridized carbons (Fsp3) is 0.167. The number of hydrogen-bond donors (Lipinski definition) is 4. The van der Waals surface area contributed by atoms with Crippen LogP contribution in [0, 0.1) is 0 Å². The van der Waals surface area contributed by atoms with Gasteiger partial charge in [0.2, 0.25) is 0 Å². The zero-order valence-electron chi connectivity index (χ0n) is 14.0. The van der Waals surface area contributed by atoms with Gasteiger partial charge in [0.1, 0.15) is 29.3 Å². The fourth-order valence-corrected chi connectivity index (χ4v) is 2.27. The molecule has 8 nitrogen and oxygen atoms in total. The average Bonchev–Trinajstić information content (AvgIpc) is 3.34. The highest BCUT2D eigenvalue weighted by Gasteiger charge is 2.12. The van der Waals surface area contributed by atoms with Crippen LogP contribution in [0.25, 0.3) is 11.5 Å². The molecular weight excluding hydrogens is 334 g/mol. The van der Waals surface area contributed by atoms with E-state index in [1.165, 1.54) is 6.33 Å². The Hall–Kier alpha value is -3.39. The molecule has 0 amide bonds. The van der Waals surface area contributed by atoms with Crippen molar-refractivity contribution in [1.29, 1.82) is 0 Å². The van der Waals surface area contributed by atoms with Gasteiger partial charge >= 0.3 is 0 Å². The Kier molecular flexibility index (Phi) is 5.79. The van der Waals surface area contributed by atoms with Crippen LogP contribution in [0.1, 0.15) is 11.3 Å². The number of hydrogen-bond acceptors (Lipinski definition) is 7. The maximum Gasteiger partial charge on any atom is 0.184 e. The Morgan fingerprint density at radius 3 is 2.65 bits per heavy atom. The van der Waals surface area contributed by atoms with E-state index >= 15 is 0 Å². The molecule has 134 valence electrons. The molecule has 1 aromatic heterocycles. The van der Waals surface area contributed by atoms with E-state index in [0.29, 0.717) is 18.8 Å². The van der Waals surface area contributed by atoms with Crippen LogP contribution in [0.15, 0.2) is 59.7 Å². The molecular formula is C18H19N5O3. The van der Waals surface area contributed by atoms with Crippen LogP contribution < -0.4 is 5.32 Å². The van der Waals surface area contributed by atoms with Gasteiger partial charge in [-0.2, -0.15) is 0 Å². The lowest BCUT2D eigenvalue weighted by Crippen LogP contribution is -2.03. The summed E-state index contributed by atoms with van der Waals surface area (Å²) in [6.07, 6.45) is 5.37. The molecule has 0 bridgehead atoms. The minimum Gasteiger partial charge on any atom is -0.508 e. The SMILES string of the molecule is OCCc1ccc(O)cc1.c1coc(CNc2[nH]cnc3ncnc2-3)c1. The normalized spacial score (nSPS) is 10.3. The van der Waals surface area contributed by atoms with Crippen LogP contribution in [0.2, 0.25) is 0 Å². The molecule has 4 N–H and O–H groups in total. The summed E-state index contributed by atoms with van der Waals surface area (Å²) < 4.78 is 5.22. The van der Waals surface area contributed by atoms with E-state index < -0.39 is 0 Å². The number of aromatic amines is 1. The molecule has 2 aliphatic rings. The van der Waals surface area contributed by atoms with E-state index in [2.05, 4.69) is 25.3 Å². The van der Waals surface area contributed by atoms with Crippen molar-refractivity contribution >= 4 is 5.82 Å². The van der Waals surface area contributed by atoms with Crippen molar-refractivity contribution in [2.75, 3.05) is 11.9 Å². The number of aromatic nitrogens is 4. The van der Waals surface area contributed by atoms with Crippen molar-refractivity contribution in [3.8, 4) is 17.3 Å². The molecule has 0 atom stereocenters. The summed E-state index contributed by atoms with van der Waals surface area (Å²) in [5, 5.41) is 20.6. The molecule has 0 fully saturated rings. The third kappa shape index (κ3) is 4.58. The van der Waals surface area contributed by atoms with Gasteiger partial charge in [-0.25, -0.2) is 15.0 Å². The van der Waals surface area contributed by atoms with Gasteiger partial charge in [0, 0.05) is 6.61 Å². The zero-order chi connectivity index (χ0) is 18.2. The monoisotopic (exact) mass is 353 g/mol. The number of phenols is 1. The summed E-state index contributed by atoms with van der Waals surface area (Å²) in [5.74, 6) is 2.54. The second kappa shape index (κ2) is 8.63. The summed E-state index contributed by atoms with van der Waals surface area (Å²) in [5.41, 5.74) is 1.77. The van der Waals surface area contributed by atoms with Crippen LogP contribution in [-0.4, -0.2) is 36.8 Å². The van der Waals surface area contributed by atoms with E-state index in [1.807, 2.05) is 12.1 Å². The van der Waals surface area contributed by atoms with Gasteiger partial charge in [-0.15, -0.1) is 0 Å². The van der Waals surface area contributed by atoms with Crippen LogP contribution in [-0.2, 0) is 13.0 Å². The summed E-state index contributed by atoms with van der Waals surface area (Å²) in [7, 11) is 0. The van der Waals surface area contributed by atoms with Gasteiger partial charge < -0.3 is 24.9 Å². The van der Waals surface area contributed by atoms with Crippen LogP contribution in [0.3, 0.4) is 0 Å². The van der Waals surface area contributed by atoms with Gasteiger partial charge in [-0.3, -0.25) is 0 Å². The number of anilines is 1. The number of nitrogens with one attached hydrogen (secondary N) is 2. The Morgan fingerprint density at radius 2 is 1.92 bits per heavy atom. The zero-order valence-corrected chi connectivity index (χ0v) is 14.0. The highest BCUT2D eigenvalue weighted by Crippen LogP contribution is 2.21. The lowest BCUT2D eigenvalue weighted by atomic mass is 10.2. The number of rotatable bonds is 5. The van der Waals surface area contributed by atoms with E-state index in [-0.39, 0.29) is 12.4 Å². The average molecular weight is 353 g/mol. The number of nitrogens with zero attached hydrogens (tertiary/aromatic N) is 3. The maximum absolute atomic E-state index is 8.86. The van der Waals surface area contributed by atoms with E-state index in [0.717, 1.165) is 22.8 Å². The molecule has 0 radical (unpaired) electrons. The van der Waals surface area contributed by atoms with Crippen molar-refractivity contribution in [2.45, 2.75) is 13.0 Å². The Morgan fingerprint density at radius 1 is 1.08 bits per heavy atom. The largest absolute Gasteiger partial charge is 0.508 e. The molecule has 1 aromatic carbocycles. The summed E-state index contributed by atoms with van der Waals surface area (Å²) in [6, 6.07) is 10.6. The maximum atomic E-state index is 8.86. The number of fused-ring (bicyclic) bond motifs is 1. The number of imidazole rings is 1. The van der Waals surface area contributed by atoms with E-state index in [1.54, 1.807) is 36.9 Å². The minimum absolute atomic E-state index is 0.158. The molecule has 2 aromatic rings. The number of furan rings is 1. The van der Waals surface area contributed by atoms with Gasteiger partial charge in [0.25, 0.3) is 0 Å². The number of aromatic hydroxyl groups is 1. The first-order valence-electron chi connectivity index (χ1n) is 8.05. The number of H-pyrrole nitrogens is 1. The van der Waals surface area contributed by atoms with Crippen LogP contribution >= 0.6 is 0 Å². The number of phenolic OH excluding ortho intramolecular Hbond substituents is 1. The summed E-state index contributed by atoms with van der Waals surface area (Å²) in [4.78, 5) is 15.2. The molecule has 0 saturated carbocycles. The van der Waals surface area contributed by atoms with Gasteiger partial charge in [-0.1, -0.05) is 12.1 Å². The first-order valence-corrected chi connectivity index (χ1v) is 8.05. The molecule has 8 heteroatoms. The third-order valence-electron chi connectivity index (χ3n) is 3.57. The second-order valence-corrected chi connectivity index (χ2v) is 5.40. The fourth-order valence-electron chi connectivity index (χ4n) is 2.27. The smallest absolute Gasteiger partial charge is 0.184 e. The minimum atomic E-state index is 0.158. The Bertz CT molecular complexity index is 874. The first kappa shape index (κ1) is 17.4. The highest BCUT2D eigenvalue weighted by atomic mass is 16.3. The molecule has 3 heterocycles. The number of benzene rings is 1. The lowest BCUT2D eigenvalue weighted by Gasteiger charge is -2.06. The predicted octanol–water partition coefficient (Wildman–Crippen LogP) is 2.44. The summed E-state index contributed by atoms with van der Waals surface area (Å²) >= 11 is 0. The standard InChI is InChI=1S/C10H9N5O.C8H10O2/c1-2-7(16-3-1)4-11-9-8-10(13-5-12-8)15-6-14-9;9-6-5-7-1-3-8(10)4-2-7/h1-3,5-6H,4H2,(H2,11,12,13,14,15);1-4,9-10H,5-6H2. The Labute approximate surface area is 149 Å². The lowest BCUT2D eigenvalue weighted by molar-refractivity contribution is 0.299. The van der Waals surface area contributed by atoms with E-state index in [4.69, 9.17) is 14.6 Å². The molecule has 0 spiro atoms. The van der Waals surface area contributed by atoms with E-state index in [9.17, 15) is 0 Å². The quantitative estimate of drug-likeness (QED) is 0.435. The van der Waals surface area contributed by atoms with Gasteiger partial charge in [0.15, 0.2) is 5.82 Å². The van der Waals surface area contributed by atoms with Crippen LogP contribution in [0.5, 0.6) is 5.75 Å². The molecule has 0 aliphatic carbocycles. The molecule has 0 saturated heterocycles. The van der Waals surface area contributed by atoms with Gasteiger partial charge in [-0.05, 0) is 36.2 Å². The third-order valence-corrected chi connectivity index (χ3v) is 3.57. The molecule has 26 heavy (non-hydrogen) atoms. The van der Waals surface area contributed by atoms with Crippen molar-refractivity contribution < 1.29 is 14.6 Å². The number of aliphatic hydroxyl groups excluding tert-OH is 1. The highest BCUT2D eigenvalue weighted by molar-refractivity contribution is 5.65. The number of aliphatic hydroxyl groups is 1. The van der Waals surface area contributed by atoms with Crippen molar-refractivity contribution in [3.05, 3.63) is 66.6 Å². The second-order valence-electron chi connectivity index (χ2n) is 5.40. The predicted molar refractivity (Wildman–Crippen MR) is 95.7 cm³/mol.